The number of nitrogens with zero attached hydrogens (tertiary/aromatic N) is 2. The molecule has 0 spiro atoms. The van der Waals surface area contributed by atoms with Gasteiger partial charge in [-0.2, -0.15) is 0 Å². The number of nitrogens with one attached hydrogen (secondary N) is 1. The standard InChI is InChI=1S/C13H21N3/c1-2-14-10-13-4-3-9-16(13)11-12-5-7-15-8-6-12/h5-8,13-14H,2-4,9-11H2,1H3. The van der Waals surface area contributed by atoms with E-state index in [0.717, 1.165) is 19.6 Å². The largest absolute Gasteiger partial charge is 0.315 e. The van der Waals surface area contributed by atoms with Crippen molar-refractivity contribution in [2.45, 2.75) is 32.4 Å². The predicted molar refractivity (Wildman–Crippen MR) is 66.2 cm³/mol. The average Bonchev–Trinajstić information content (AvgIpc) is 2.75. The van der Waals surface area contributed by atoms with Crippen molar-refractivity contribution < 1.29 is 0 Å². The maximum absolute atomic E-state index is 4.06. The zero-order valence-corrected chi connectivity index (χ0v) is 10.0. The summed E-state index contributed by atoms with van der Waals surface area (Å²) in [5.41, 5.74) is 1.37. The average molecular weight is 219 g/mol. The van der Waals surface area contributed by atoms with Gasteiger partial charge in [-0.15, -0.1) is 0 Å². The van der Waals surface area contributed by atoms with Gasteiger partial charge >= 0.3 is 0 Å². The Morgan fingerprint density at radius 3 is 3.00 bits per heavy atom. The third-order valence-electron chi connectivity index (χ3n) is 3.26. The fraction of sp³-hybridized carbons (Fsp3) is 0.615. The lowest BCUT2D eigenvalue weighted by Crippen LogP contribution is -2.37. The van der Waals surface area contributed by atoms with Gasteiger partial charge in [0.25, 0.3) is 0 Å². The molecule has 2 heterocycles. The zero-order chi connectivity index (χ0) is 11.2. The van der Waals surface area contributed by atoms with Crippen LogP contribution in [0.15, 0.2) is 24.5 Å². The maximum Gasteiger partial charge on any atom is 0.0271 e. The third kappa shape index (κ3) is 3.03. The summed E-state index contributed by atoms with van der Waals surface area (Å²) >= 11 is 0. The molecule has 16 heavy (non-hydrogen) atoms. The first-order chi connectivity index (χ1) is 7.90. The summed E-state index contributed by atoms with van der Waals surface area (Å²) in [4.78, 5) is 6.64. The number of likely N-dealkylation sites (tertiary alicyclic amines) is 1. The van der Waals surface area contributed by atoms with Gasteiger partial charge in [0.05, 0.1) is 0 Å². The summed E-state index contributed by atoms with van der Waals surface area (Å²) in [6, 6.07) is 4.94. The van der Waals surface area contributed by atoms with Crippen molar-refractivity contribution >= 4 is 0 Å². The van der Waals surface area contributed by atoms with Crippen LogP contribution in [0.4, 0.5) is 0 Å². The molecule has 1 unspecified atom stereocenters. The summed E-state index contributed by atoms with van der Waals surface area (Å²) in [5, 5.41) is 3.45. The topological polar surface area (TPSA) is 28.2 Å². The van der Waals surface area contributed by atoms with Crippen LogP contribution >= 0.6 is 0 Å². The van der Waals surface area contributed by atoms with Gasteiger partial charge in [0.15, 0.2) is 0 Å². The second-order valence-corrected chi connectivity index (χ2v) is 4.43. The van der Waals surface area contributed by atoms with E-state index in [1.165, 1.54) is 24.9 Å². The van der Waals surface area contributed by atoms with Crippen LogP contribution in [0.25, 0.3) is 0 Å². The Balaban J connectivity index is 1.88. The van der Waals surface area contributed by atoms with Crippen LogP contribution in [0.1, 0.15) is 25.3 Å². The van der Waals surface area contributed by atoms with E-state index in [4.69, 9.17) is 0 Å². The normalized spacial score (nSPS) is 21.4. The van der Waals surface area contributed by atoms with Gasteiger partial charge in [-0.05, 0) is 43.6 Å². The highest BCUT2D eigenvalue weighted by Crippen LogP contribution is 2.19. The van der Waals surface area contributed by atoms with E-state index in [-0.39, 0.29) is 0 Å². The summed E-state index contributed by atoms with van der Waals surface area (Å²) in [7, 11) is 0. The van der Waals surface area contributed by atoms with Crippen LogP contribution in [0.2, 0.25) is 0 Å². The Morgan fingerprint density at radius 2 is 2.25 bits per heavy atom. The molecule has 0 bridgehead atoms. The van der Waals surface area contributed by atoms with Crippen molar-refractivity contribution in [2.75, 3.05) is 19.6 Å². The maximum atomic E-state index is 4.06. The quantitative estimate of drug-likeness (QED) is 0.816. The molecule has 3 nitrogen and oxygen atoms in total. The summed E-state index contributed by atoms with van der Waals surface area (Å²) in [6.07, 6.45) is 6.43. The molecule has 88 valence electrons. The monoisotopic (exact) mass is 219 g/mol. The highest BCUT2D eigenvalue weighted by Gasteiger charge is 2.23. The van der Waals surface area contributed by atoms with Gasteiger partial charge in [0, 0.05) is 31.5 Å². The van der Waals surface area contributed by atoms with E-state index >= 15 is 0 Å². The van der Waals surface area contributed by atoms with E-state index in [2.05, 4.69) is 34.3 Å². The number of hydrogen-bond donors (Lipinski definition) is 1. The van der Waals surface area contributed by atoms with Gasteiger partial charge in [0.1, 0.15) is 0 Å². The highest BCUT2D eigenvalue weighted by molar-refractivity contribution is 5.10. The predicted octanol–water partition coefficient (Wildman–Crippen LogP) is 1.66. The third-order valence-corrected chi connectivity index (χ3v) is 3.26. The minimum atomic E-state index is 0.716. The number of likely N-dealkylation sites (N-methyl/N-ethyl adjacent to an activating group) is 1. The Labute approximate surface area is 97.9 Å². The lowest BCUT2D eigenvalue weighted by Gasteiger charge is -2.24. The molecule has 0 amide bonds. The molecule has 0 saturated carbocycles. The summed E-state index contributed by atoms with van der Waals surface area (Å²) < 4.78 is 0. The molecule has 1 N–H and O–H groups in total. The van der Waals surface area contributed by atoms with E-state index in [1.54, 1.807) is 0 Å². The summed E-state index contributed by atoms with van der Waals surface area (Å²) in [5.74, 6) is 0. The molecule has 3 heteroatoms. The van der Waals surface area contributed by atoms with Gasteiger partial charge in [-0.25, -0.2) is 0 Å². The molecule has 1 aromatic rings. The van der Waals surface area contributed by atoms with E-state index in [0.29, 0.717) is 6.04 Å². The Kier molecular flexibility index (Phi) is 4.31. The lowest BCUT2D eigenvalue weighted by molar-refractivity contribution is 0.240. The van der Waals surface area contributed by atoms with Crippen molar-refractivity contribution in [3.05, 3.63) is 30.1 Å². The van der Waals surface area contributed by atoms with Crippen molar-refractivity contribution in [1.82, 2.24) is 15.2 Å². The SMILES string of the molecule is CCNCC1CCCN1Cc1ccncc1. The van der Waals surface area contributed by atoms with Gasteiger partial charge in [0.2, 0.25) is 0 Å². The van der Waals surface area contributed by atoms with Crippen LogP contribution in [0.3, 0.4) is 0 Å². The first-order valence-corrected chi connectivity index (χ1v) is 6.24. The van der Waals surface area contributed by atoms with Crippen LogP contribution in [0, 0.1) is 0 Å². The molecule has 1 aliphatic heterocycles. The second kappa shape index (κ2) is 5.97. The van der Waals surface area contributed by atoms with Crippen molar-refractivity contribution in [2.24, 2.45) is 0 Å². The Hall–Kier alpha value is -0.930. The zero-order valence-electron chi connectivity index (χ0n) is 10.0. The van der Waals surface area contributed by atoms with Crippen LogP contribution in [-0.2, 0) is 6.54 Å². The minimum Gasteiger partial charge on any atom is -0.315 e. The number of pyridine rings is 1. The lowest BCUT2D eigenvalue weighted by atomic mass is 10.2. The van der Waals surface area contributed by atoms with E-state index in [1.807, 2.05) is 12.4 Å². The number of rotatable bonds is 5. The first kappa shape index (κ1) is 11.6. The molecule has 1 fully saturated rings. The molecular formula is C13H21N3. The second-order valence-electron chi connectivity index (χ2n) is 4.43. The molecule has 1 saturated heterocycles. The molecule has 0 aliphatic carbocycles. The Bertz CT molecular complexity index is 299. The molecule has 1 aliphatic rings. The molecule has 2 rings (SSSR count). The summed E-state index contributed by atoms with van der Waals surface area (Å²) in [6.45, 7) is 6.67. The minimum absolute atomic E-state index is 0.716. The van der Waals surface area contributed by atoms with Crippen LogP contribution in [-0.4, -0.2) is 35.6 Å². The number of hydrogen-bond acceptors (Lipinski definition) is 3. The molecule has 0 aromatic carbocycles. The number of aromatic nitrogens is 1. The van der Waals surface area contributed by atoms with Gasteiger partial charge in [-0.3, -0.25) is 9.88 Å². The smallest absolute Gasteiger partial charge is 0.0271 e. The highest BCUT2D eigenvalue weighted by atomic mass is 15.2. The van der Waals surface area contributed by atoms with Crippen LogP contribution < -0.4 is 5.32 Å². The van der Waals surface area contributed by atoms with E-state index < -0.39 is 0 Å². The van der Waals surface area contributed by atoms with Gasteiger partial charge in [-0.1, -0.05) is 6.92 Å². The fourth-order valence-corrected chi connectivity index (χ4v) is 2.37. The molecule has 1 atom stereocenters. The molecular weight excluding hydrogens is 198 g/mol. The van der Waals surface area contributed by atoms with Crippen molar-refractivity contribution in [3.8, 4) is 0 Å². The molecule has 1 aromatic heterocycles. The van der Waals surface area contributed by atoms with Crippen molar-refractivity contribution in [1.29, 1.82) is 0 Å². The first-order valence-electron chi connectivity index (χ1n) is 6.24. The molecule has 0 radical (unpaired) electrons. The van der Waals surface area contributed by atoms with Gasteiger partial charge < -0.3 is 5.32 Å². The Morgan fingerprint density at radius 1 is 1.44 bits per heavy atom. The fourth-order valence-electron chi connectivity index (χ4n) is 2.37. The van der Waals surface area contributed by atoms with Crippen LogP contribution in [0.5, 0.6) is 0 Å². The van der Waals surface area contributed by atoms with E-state index in [9.17, 15) is 0 Å². The van der Waals surface area contributed by atoms with Crippen molar-refractivity contribution in [3.63, 3.8) is 0 Å².